The lowest BCUT2D eigenvalue weighted by atomic mass is 10.1. The molecule has 1 aliphatic heterocycles. The molecular weight excluding hydrogens is 406 g/mol. The van der Waals surface area contributed by atoms with E-state index in [1.54, 1.807) is 18.3 Å². The Balaban J connectivity index is 1.18. The van der Waals surface area contributed by atoms with Gasteiger partial charge in [0.2, 0.25) is 11.5 Å². The van der Waals surface area contributed by atoms with Crippen molar-refractivity contribution in [2.24, 2.45) is 0 Å². The van der Waals surface area contributed by atoms with E-state index in [2.05, 4.69) is 15.0 Å². The van der Waals surface area contributed by atoms with Crippen molar-refractivity contribution < 1.29 is 13.6 Å². The number of amides is 1. The predicted molar refractivity (Wildman–Crippen MR) is 119 cm³/mol. The molecule has 1 saturated heterocycles. The van der Waals surface area contributed by atoms with Gasteiger partial charge in [-0.15, -0.1) is 0 Å². The lowest BCUT2D eigenvalue weighted by Gasteiger charge is -2.33. The Bertz CT molecular complexity index is 1380. The standard InChI is InChI=1S/C24H19N5O3/c30-23(17-8-9-18-20(15-17)31-22(26-18)16-5-2-1-3-6-16)28-11-13-29(14-12-28)24-27-21-19(32-24)7-4-10-25-21/h1-10,15H,11-14H2. The minimum atomic E-state index is -0.0246. The van der Waals surface area contributed by atoms with Gasteiger partial charge < -0.3 is 18.6 Å². The average Bonchev–Trinajstić information content (AvgIpc) is 3.48. The van der Waals surface area contributed by atoms with Crippen LogP contribution in [0.4, 0.5) is 6.01 Å². The molecular formula is C24H19N5O3. The van der Waals surface area contributed by atoms with Crippen LogP contribution in [0.15, 0.2) is 75.7 Å². The zero-order valence-corrected chi connectivity index (χ0v) is 17.1. The SMILES string of the molecule is O=C(c1ccc2nc(-c3ccccc3)oc2c1)N1CCN(c2nc3ncccc3o2)CC1. The fourth-order valence-electron chi connectivity index (χ4n) is 3.94. The van der Waals surface area contributed by atoms with Crippen LogP contribution < -0.4 is 4.90 Å². The first-order valence-corrected chi connectivity index (χ1v) is 10.5. The molecule has 1 amide bonds. The van der Waals surface area contributed by atoms with E-state index < -0.39 is 0 Å². The van der Waals surface area contributed by atoms with E-state index in [1.165, 1.54) is 0 Å². The lowest BCUT2D eigenvalue weighted by Crippen LogP contribution is -2.48. The van der Waals surface area contributed by atoms with E-state index in [4.69, 9.17) is 8.83 Å². The van der Waals surface area contributed by atoms with E-state index in [0.29, 0.717) is 60.5 Å². The third-order valence-electron chi connectivity index (χ3n) is 5.65. The van der Waals surface area contributed by atoms with Gasteiger partial charge in [0, 0.05) is 43.5 Å². The number of piperazine rings is 1. The topological polar surface area (TPSA) is 88.5 Å². The van der Waals surface area contributed by atoms with Crippen LogP contribution >= 0.6 is 0 Å². The van der Waals surface area contributed by atoms with Crippen molar-refractivity contribution in [3.05, 3.63) is 72.4 Å². The van der Waals surface area contributed by atoms with Crippen LogP contribution in [0.5, 0.6) is 0 Å². The molecule has 1 fully saturated rings. The Morgan fingerprint density at radius 2 is 1.69 bits per heavy atom. The summed E-state index contributed by atoms with van der Waals surface area (Å²) >= 11 is 0. The number of carbonyl (C=O) groups excluding carboxylic acids is 1. The van der Waals surface area contributed by atoms with Crippen molar-refractivity contribution in [3.8, 4) is 11.5 Å². The summed E-state index contributed by atoms with van der Waals surface area (Å²) in [7, 11) is 0. The minimum absolute atomic E-state index is 0.0246. The smallest absolute Gasteiger partial charge is 0.300 e. The number of pyridine rings is 1. The summed E-state index contributed by atoms with van der Waals surface area (Å²) in [5.41, 5.74) is 4.09. The summed E-state index contributed by atoms with van der Waals surface area (Å²) < 4.78 is 11.7. The maximum Gasteiger partial charge on any atom is 0.300 e. The number of aromatic nitrogens is 3. The summed E-state index contributed by atoms with van der Waals surface area (Å²) in [6, 6.07) is 19.4. The monoisotopic (exact) mass is 425 g/mol. The number of hydrogen-bond acceptors (Lipinski definition) is 7. The molecule has 0 bridgehead atoms. The number of benzene rings is 2. The lowest BCUT2D eigenvalue weighted by molar-refractivity contribution is 0.0745. The van der Waals surface area contributed by atoms with Crippen molar-refractivity contribution in [3.63, 3.8) is 0 Å². The zero-order chi connectivity index (χ0) is 21.5. The predicted octanol–water partition coefficient (Wildman–Crippen LogP) is 3.99. The largest absolute Gasteiger partial charge is 0.436 e. The third kappa shape index (κ3) is 3.26. The first kappa shape index (κ1) is 18.6. The molecule has 0 unspecified atom stereocenters. The second kappa shape index (κ2) is 7.49. The van der Waals surface area contributed by atoms with Crippen molar-refractivity contribution in [2.75, 3.05) is 31.1 Å². The number of carbonyl (C=O) groups is 1. The van der Waals surface area contributed by atoms with Gasteiger partial charge in [0.1, 0.15) is 5.52 Å². The van der Waals surface area contributed by atoms with Gasteiger partial charge in [0.25, 0.3) is 11.9 Å². The number of fused-ring (bicyclic) bond motifs is 2. The molecule has 1 aliphatic rings. The molecule has 8 heteroatoms. The molecule has 0 atom stereocenters. The number of nitrogens with zero attached hydrogens (tertiary/aromatic N) is 5. The van der Waals surface area contributed by atoms with Crippen molar-refractivity contribution >= 4 is 34.3 Å². The minimum Gasteiger partial charge on any atom is -0.436 e. The Labute approximate surface area is 183 Å². The van der Waals surface area contributed by atoms with Crippen LogP contribution in [0.1, 0.15) is 10.4 Å². The maximum absolute atomic E-state index is 13.1. The Morgan fingerprint density at radius 1 is 0.844 bits per heavy atom. The number of anilines is 1. The van der Waals surface area contributed by atoms with Gasteiger partial charge in [-0.1, -0.05) is 18.2 Å². The van der Waals surface area contributed by atoms with E-state index in [9.17, 15) is 4.79 Å². The summed E-state index contributed by atoms with van der Waals surface area (Å²) in [4.78, 5) is 30.2. The molecule has 5 aromatic rings. The highest BCUT2D eigenvalue weighted by Gasteiger charge is 2.25. The van der Waals surface area contributed by atoms with Crippen LogP contribution in [-0.4, -0.2) is 51.9 Å². The van der Waals surface area contributed by atoms with E-state index in [1.807, 2.05) is 58.3 Å². The van der Waals surface area contributed by atoms with E-state index in [0.717, 1.165) is 11.1 Å². The molecule has 3 aromatic heterocycles. The van der Waals surface area contributed by atoms with Gasteiger partial charge >= 0.3 is 0 Å². The van der Waals surface area contributed by atoms with Crippen molar-refractivity contribution in [1.82, 2.24) is 19.9 Å². The molecule has 0 aliphatic carbocycles. The van der Waals surface area contributed by atoms with E-state index in [-0.39, 0.29) is 5.91 Å². The third-order valence-corrected chi connectivity index (χ3v) is 5.65. The molecule has 8 nitrogen and oxygen atoms in total. The van der Waals surface area contributed by atoms with Crippen LogP contribution in [-0.2, 0) is 0 Å². The fraction of sp³-hybridized carbons (Fsp3) is 0.167. The van der Waals surface area contributed by atoms with Crippen LogP contribution in [0.2, 0.25) is 0 Å². The highest BCUT2D eigenvalue weighted by atomic mass is 16.4. The summed E-state index contributed by atoms with van der Waals surface area (Å²) in [6.07, 6.45) is 1.69. The molecule has 0 spiro atoms. The zero-order valence-electron chi connectivity index (χ0n) is 17.1. The normalized spacial score (nSPS) is 14.4. The first-order chi connectivity index (χ1) is 15.7. The second-order valence-corrected chi connectivity index (χ2v) is 7.67. The van der Waals surface area contributed by atoms with Gasteiger partial charge in [-0.25, -0.2) is 9.97 Å². The Morgan fingerprint density at radius 3 is 2.50 bits per heavy atom. The van der Waals surface area contributed by atoms with Gasteiger partial charge in [0.15, 0.2) is 11.2 Å². The maximum atomic E-state index is 13.1. The van der Waals surface area contributed by atoms with Gasteiger partial charge in [-0.05, 0) is 42.5 Å². The molecule has 6 rings (SSSR count). The summed E-state index contributed by atoms with van der Waals surface area (Å²) in [5, 5.41) is 0. The van der Waals surface area contributed by atoms with Crippen LogP contribution in [0.25, 0.3) is 33.8 Å². The molecule has 0 saturated carbocycles. The Kier molecular flexibility index (Phi) is 4.34. The van der Waals surface area contributed by atoms with Crippen LogP contribution in [0.3, 0.4) is 0 Å². The molecule has 32 heavy (non-hydrogen) atoms. The molecule has 2 aromatic carbocycles. The van der Waals surface area contributed by atoms with Gasteiger partial charge in [-0.2, -0.15) is 4.98 Å². The van der Waals surface area contributed by atoms with E-state index >= 15 is 0 Å². The van der Waals surface area contributed by atoms with Crippen LogP contribution in [0, 0.1) is 0 Å². The first-order valence-electron chi connectivity index (χ1n) is 10.5. The van der Waals surface area contributed by atoms with Gasteiger partial charge in [0.05, 0.1) is 0 Å². The summed E-state index contributed by atoms with van der Waals surface area (Å²) in [5.74, 6) is 0.523. The average molecular weight is 425 g/mol. The number of oxazole rings is 2. The molecule has 0 N–H and O–H groups in total. The Hall–Kier alpha value is -4.20. The second-order valence-electron chi connectivity index (χ2n) is 7.67. The highest BCUT2D eigenvalue weighted by Crippen LogP contribution is 2.26. The highest BCUT2D eigenvalue weighted by molar-refractivity contribution is 5.97. The number of rotatable bonds is 3. The molecule has 4 heterocycles. The van der Waals surface area contributed by atoms with Crippen molar-refractivity contribution in [1.29, 1.82) is 0 Å². The number of hydrogen-bond donors (Lipinski definition) is 0. The van der Waals surface area contributed by atoms with Crippen molar-refractivity contribution in [2.45, 2.75) is 0 Å². The molecule has 158 valence electrons. The fourth-order valence-corrected chi connectivity index (χ4v) is 3.94. The summed E-state index contributed by atoms with van der Waals surface area (Å²) in [6.45, 7) is 2.44. The van der Waals surface area contributed by atoms with Gasteiger partial charge in [-0.3, -0.25) is 4.79 Å². The quantitative estimate of drug-likeness (QED) is 0.432. The molecule has 0 radical (unpaired) electrons.